The SMILES string of the molecule is Cc1cc(C)cc(NC(=O)COc2ccc(Br)cc2Br)c1. The van der Waals surface area contributed by atoms with Crippen molar-refractivity contribution in [2.45, 2.75) is 13.8 Å². The number of benzene rings is 2. The van der Waals surface area contributed by atoms with Crippen LogP contribution in [-0.2, 0) is 4.79 Å². The third kappa shape index (κ3) is 4.86. The van der Waals surface area contributed by atoms with Gasteiger partial charge in [0.1, 0.15) is 5.75 Å². The summed E-state index contributed by atoms with van der Waals surface area (Å²) >= 11 is 6.77. The van der Waals surface area contributed by atoms with Gasteiger partial charge >= 0.3 is 0 Å². The average molecular weight is 413 g/mol. The monoisotopic (exact) mass is 411 g/mol. The lowest BCUT2D eigenvalue weighted by Gasteiger charge is -2.10. The number of carbonyl (C=O) groups is 1. The van der Waals surface area contributed by atoms with Crippen molar-refractivity contribution in [1.29, 1.82) is 0 Å². The maximum atomic E-state index is 11.9. The highest BCUT2D eigenvalue weighted by Gasteiger charge is 2.07. The summed E-state index contributed by atoms with van der Waals surface area (Å²) in [6, 6.07) is 11.5. The van der Waals surface area contributed by atoms with Crippen molar-refractivity contribution in [3.63, 3.8) is 0 Å². The number of aryl methyl sites for hydroxylation is 2. The Kier molecular flexibility index (Phi) is 5.42. The molecule has 110 valence electrons. The molecule has 0 unspecified atom stereocenters. The van der Waals surface area contributed by atoms with Gasteiger partial charge in [0, 0.05) is 10.2 Å². The molecule has 0 heterocycles. The Morgan fingerprint density at radius 1 is 1.10 bits per heavy atom. The molecule has 5 heteroatoms. The average Bonchev–Trinajstić information content (AvgIpc) is 2.36. The first-order valence-corrected chi connectivity index (χ1v) is 7.98. The molecule has 1 N–H and O–H groups in total. The summed E-state index contributed by atoms with van der Waals surface area (Å²) in [6.07, 6.45) is 0. The van der Waals surface area contributed by atoms with E-state index < -0.39 is 0 Å². The van der Waals surface area contributed by atoms with Gasteiger partial charge in [0.2, 0.25) is 0 Å². The van der Waals surface area contributed by atoms with Crippen LogP contribution in [0.1, 0.15) is 11.1 Å². The van der Waals surface area contributed by atoms with Gasteiger partial charge in [-0.3, -0.25) is 4.79 Å². The van der Waals surface area contributed by atoms with Crippen LogP contribution in [0.5, 0.6) is 5.75 Å². The fourth-order valence-corrected chi connectivity index (χ4v) is 3.14. The number of halogens is 2. The van der Waals surface area contributed by atoms with Crippen molar-refractivity contribution >= 4 is 43.5 Å². The van der Waals surface area contributed by atoms with E-state index in [0.29, 0.717) is 5.75 Å². The molecule has 21 heavy (non-hydrogen) atoms. The minimum atomic E-state index is -0.185. The molecule has 0 saturated carbocycles. The predicted octanol–water partition coefficient (Wildman–Crippen LogP) is 4.85. The molecule has 0 bridgehead atoms. The Hall–Kier alpha value is -1.33. The Labute approximate surface area is 141 Å². The van der Waals surface area contributed by atoms with Gasteiger partial charge in [-0.05, 0) is 71.2 Å². The number of nitrogens with one attached hydrogen (secondary N) is 1. The molecule has 0 spiro atoms. The molecule has 3 nitrogen and oxygen atoms in total. The van der Waals surface area contributed by atoms with Crippen molar-refractivity contribution in [3.05, 3.63) is 56.5 Å². The zero-order valence-electron chi connectivity index (χ0n) is 11.7. The molecule has 0 aliphatic rings. The van der Waals surface area contributed by atoms with Crippen LogP contribution in [0.4, 0.5) is 5.69 Å². The third-order valence-corrected chi connectivity index (χ3v) is 3.87. The summed E-state index contributed by atoms with van der Waals surface area (Å²) < 4.78 is 7.25. The number of anilines is 1. The number of rotatable bonds is 4. The minimum Gasteiger partial charge on any atom is -0.483 e. The van der Waals surface area contributed by atoms with Gasteiger partial charge in [-0.25, -0.2) is 0 Å². The van der Waals surface area contributed by atoms with Crippen molar-refractivity contribution in [2.75, 3.05) is 11.9 Å². The van der Waals surface area contributed by atoms with Crippen molar-refractivity contribution < 1.29 is 9.53 Å². The zero-order valence-corrected chi connectivity index (χ0v) is 14.9. The lowest BCUT2D eigenvalue weighted by Crippen LogP contribution is -2.20. The van der Waals surface area contributed by atoms with Gasteiger partial charge in [0.05, 0.1) is 4.47 Å². The number of carbonyl (C=O) groups excluding carboxylic acids is 1. The van der Waals surface area contributed by atoms with Gasteiger partial charge in [-0.2, -0.15) is 0 Å². The van der Waals surface area contributed by atoms with Crippen molar-refractivity contribution in [1.82, 2.24) is 0 Å². The standard InChI is InChI=1S/C16H15Br2NO2/c1-10-5-11(2)7-13(6-10)19-16(20)9-21-15-4-3-12(17)8-14(15)18/h3-8H,9H2,1-2H3,(H,19,20). The van der Waals surface area contributed by atoms with Gasteiger partial charge < -0.3 is 10.1 Å². The molecule has 0 fully saturated rings. The number of hydrogen-bond donors (Lipinski definition) is 1. The van der Waals surface area contributed by atoms with Crippen LogP contribution in [0, 0.1) is 13.8 Å². The molecular formula is C16H15Br2NO2. The molecule has 2 rings (SSSR count). The second-order valence-corrected chi connectivity index (χ2v) is 6.56. The van der Waals surface area contributed by atoms with E-state index in [2.05, 4.69) is 43.2 Å². The molecule has 1 amide bonds. The molecule has 0 atom stereocenters. The highest BCUT2D eigenvalue weighted by atomic mass is 79.9. The van der Waals surface area contributed by atoms with E-state index in [4.69, 9.17) is 4.74 Å². The summed E-state index contributed by atoms with van der Waals surface area (Å²) in [7, 11) is 0. The lowest BCUT2D eigenvalue weighted by atomic mass is 10.1. The molecule has 2 aromatic carbocycles. The summed E-state index contributed by atoms with van der Waals surface area (Å²) in [5, 5.41) is 2.84. The Balaban J connectivity index is 1.95. The first-order chi connectivity index (χ1) is 9.94. The highest BCUT2D eigenvalue weighted by molar-refractivity contribution is 9.11. The highest BCUT2D eigenvalue weighted by Crippen LogP contribution is 2.28. The normalized spacial score (nSPS) is 10.3. The molecule has 0 aromatic heterocycles. The van der Waals surface area contributed by atoms with Crippen LogP contribution in [0.15, 0.2) is 45.3 Å². The van der Waals surface area contributed by atoms with E-state index in [1.807, 2.05) is 38.1 Å². The van der Waals surface area contributed by atoms with Crippen molar-refractivity contribution in [2.24, 2.45) is 0 Å². The molecule has 0 aliphatic heterocycles. The Bertz CT molecular complexity index is 651. The van der Waals surface area contributed by atoms with Crippen LogP contribution in [0.2, 0.25) is 0 Å². The zero-order chi connectivity index (χ0) is 15.4. The van der Waals surface area contributed by atoms with Crippen LogP contribution in [-0.4, -0.2) is 12.5 Å². The van der Waals surface area contributed by atoms with Crippen LogP contribution in [0.3, 0.4) is 0 Å². The van der Waals surface area contributed by atoms with E-state index in [1.54, 1.807) is 6.07 Å². The first-order valence-electron chi connectivity index (χ1n) is 6.40. The summed E-state index contributed by atoms with van der Waals surface area (Å²) in [5.41, 5.74) is 3.01. The van der Waals surface area contributed by atoms with E-state index in [1.165, 1.54) is 0 Å². The van der Waals surface area contributed by atoms with E-state index in [9.17, 15) is 4.79 Å². The Morgan fingerprint density at radius 2 is 1.76 bits per heavy atom. The maximum absolute atomic E-state index is 11.9. The van der Waals surface area contributed by atoms with Crippen molar-refractivity contribution in [3.8, 4) is 5.75 Å². The maximum Gasteiger partial charge on any atom is 0.262 e. The largest absolute Gasteiger partial charge is 0.483 e. The van der Waals surface area contributed by atoms with E-state index in [0.717, 1.165) is 25.8 Å². The lowest BCUT2D eigenvalue weighted by molar-refractivity contribution is -0.118. The molecule has 0 aliphatic carbocycles. The number of amides is 1. The van der Waals surface area contributed by atoms with Crippen LogP contribution in [0.25, 0.3) is 0 Å². The second-order valence-electron chi connectivity index (χ2n) is 4.79. The van der Waals surface area contributed by atoms with Gasteiger partial charge in [-0.1, -0.05) is 22.0 Å². The molecular weight excluding hydrogens is 398 g/mol. The van der Waals surface area contributed by atoms with Crippen LogP contribution < -0.4 is 10.1 Å². The summed E-state index contributed by atoms with van der Waals surface area (Å²) in [5.74, 6) is 0.448. The van der Waals surface area contributed by atoms with Gasteiger partial charge in [0.25, 0.3) is 5.91 Å². The quantitative estimate of drug-likeness (QED) is 0.779. The summed E-state index contributed by atoms with van der Waals surface area (Å²) in [6.45, 7) is 3.96. The topological polar surface area (TPSA) is 38.3 Å². The summed E-state index contributed by atoms with van der Waals surface area (Å²) in [4.78, 5) is 11.9. The van der Waals surface area contributed by atoms with E-state index in [-0.39, 0.29) is 12.5 Å². The first kappa shape index (κ1) is 16.0. The van der Waals surface area contributed by atoms with Gasteiger partial charge in [0.15, 0.2) is 6.61 Å². The van der Waals surface area contributed by atoms with Crippen LogP contribution >= 0.6 is 31.9 Å². The van der Waals surface area contributed by atoms with Gasteiger partial charge in [-0.15, -0.1) is 0 Å². The number of hydrogen-bond acceptors (Lipinski definition) is 2. The smallest absolute Gasteiger partial charge is 0.262 e. The number of ether oxygens (including phenoxy) is 1. The fourth-order valence-electron chi connectivity index (χ4n) is 1.98. The Morgan fingerprint density at radius 3 is 2.38 bits per heavy atom. The molecule has 2 aromatic rings. The molecule has 0 radical (unpaired) electrons. The third-order valence-electron chi connectivity index (χ3n) is 2.76. The predicted molar refractivity (Wildman–Crippen MR) is 91.9 cm³/mol. The van der Waals surface area contributed by atoms with E-state index >= 15 is 0 Å². The second kappa shape index (κ2) is 7.09. The minimum absolute atomic E-state index is 0.0345. The fraction of sp³-hybridized carbons (Fsp3) is 0.188. The molecule has 0 saturated heterocycles.